The highest BCUT2D eigenvalue weighted by atomic mass is 32.1. The Morgan fingerprint density at radius 3 is 2.94 bits per heavy atom. The number of likely N-dealkylation sites (N-methyl/N-ethyl adjacent to an activating group) is 1. The number of hydrogen-bond acceptors (Lipinski definition) is 3. The van der Waals surface area contributed by atoms with Crippen molar-refractivity contribution in [2.45, 2.75) is 46.0 Å². The normalized spacial score (nSPS) is 20.5. The van der Waals surface area contributed by atoms with Crippen molar-refractivity contribution in [1.82, 2.24) is 10.3 Å². The fourth-order valence-corrected chi connectivity index (χ4v) is 3.74. The Morgan fingerprint density at radius 1 is 1.50 bits per heavy atom. The van der Waals surface area contributed by atoms with Crippen LogP contribution in [0.5, 0.6) is 0 Å². The maximum Gasteiger partial charge on any atom is 0.0971 e. The molecule has 0 aromatic carbocycles. The van der Waals surface area contributed by atoms with E-state index in [-0.39, 0.29) is 0 Å². The lowest BCUT2D eigenvalue weighted by Crippen LogP contribution is -2.20. The average Bonchev–Trinajstić information content (AvgIpc) is 2.59. The van der Waals surface area contributed by atoms with Crippen molar-refractivity contribution in [2.75, 3.05) is 13.6 Å². The van der Waals surface area contributed by atoms with Gasteiger partial charge in [-0.1, -0.05) is 20.8 Å². The maximum absolute atomic E-state index is 4.81. The van der Waals surface area contributed by atoms with Gasteiger partial charge in [-0.3, -0.25) is 0 Å². The highest BCUT2D eigenvalue weighted by molar-refractivity contribution is 7.11. The Labute approximate surface area is 102 Å². The largest absolute Gasteiger partial charge is 0.319 e. The monoisotopic (exact) mass is 238 g/mol. The van der Waals surface area contributed by atoms with Crippen molar-refractivity contribution in [3.63, 3.8) is 0 Å². The fourth-order valence-electron chi connectivity index (χ4n) is 2.32. The van der Waals surface area contributed by atoms with Crippen LogP contribution in [0.1, 0.15) is 48.7 Å². The summed E-state index contributed by atoms with van der Waals surface area (Å²) in [6, 6.07) is 0. The summed E-state index contributed by atoms with van der Waals surface area (Å²) in [6.07, 6.45) is 3.67. The molecule has 0 spiro atoms. The third-order valence-electron chi connectivity index (χ3n) is 3.40. The molecule has 0 saturated heterocycles. The van der Waals surface area contributed by atoms with Crippen molar-refractivity contribution in [3.05, 3.63) is 15.6 Å². The second-order valence-electron chi connectivity index (χ2n) is 5.72. The summed E-state index contributed by atoms with van der Waals surface area (Å²) in [6.45, 7) is 8.01. The third kappa shape index (κ3) is 2.46. The molecular weight excluding hydrogens is 216 g/mol. The van der Waals surface area contributed by atoms with Gasteiger partial charge in [-0.15, -0.1) is 11.3 Å². The van der Waals surface area contributed by atoms with Crippen molar-refractivity contribution >= 4 is 11.3 Å². The first kappa shape index (κ1) is 12.1. The summed E-state index contributed by atoms with van der Waals surface area (Å²) < 4.78 is 0. The molecule has 0 radical (unpaired) electrons. The van der Waals surface area contributed by atoms with E-state index in [0.29, 0.717) is 11.3 Å². The quantitative estimate of drug-likeness (QED) is 0.875. The van der Waals surface area contributed by atoms with Crippen LogP contribution in [0.2, 0.25) is 0 Å². The summed E-state index contributed by atoms with van der Waals surface area (Å²) in [5.41, 5.74) is 1.85. The van der Waals surface area contributed by atoms with E-state index in [1.165, 1.54) is 34.8 Å². The number of fused-ring (bicyclic) bond motifs is 1. The third-order valence-corrected chi connectivity index (χ3v) is 4.73. The minimum atomic E-state index is 0.475. The molecule has 0 saturated carbocycles. The smallest absolute Gasteiger partial charge is 0.0971 e. The van der Waals surface area contributed by atoms with Crippen LogP contribution in [0, 0.1) is 5.41 Å². The molecular formula is C13H22N2S. The molecule has 1 aromatic rings. The van der Waals surface area contributed by atoms with Gasteiger partial charge in [0.05, 0.1) is 10.7 Å². The second kappa shape index (κ2) is 4.46. The van der Waals surface area contributed by atoms with Crippen molar-refractivity contribution in [1.29, 1.82) is 0 Å². The van der Waals surface area contributed by atoms with E-state index in [0.717, 1.165) is 6.54 Å². The Bertz CT molecular complexity index is 368. The lowest BCUT2D eigenvalue weighted by Gasteiger charge is -2.28. The molecule has 0 bridgehead atoms. The van der Waals surface area contributed by atoms with E-state index >= 15 is 0 Å². The first-order chi connectivity index (χ1) is 7.52. The molecule has 2 rings (SSSR count). The molecule has 1 unspecified atom stereocenters. The number of rotatable bonds is 3. The highest BCUT2D eigenvalue weighted by Gasteiger charge is 2.28. The molecule has 0 fully saturated rings. The molecule has 1 aliphatic carbocycles. The van der Waals surface area contributed by atoms with Gasteiger partial charge in [-0.25, -0.2) is 4.98 Å². The average molecular weight is 238 g/mol. The summed E-state index contributed by atoms with van der Waals surface area (Å²) in [4.78, 5) is 6.35. The van der Waals surface area contributed by atoms with Crippen LogP contribution in [-0.2, 0) is 12.8 Å². The lowest BCUT2D eigenvalue weighted by molar-refractivity contribution is 0.316. The van der Waals surface area contributed by atoms with Gasteiger partial charge in [0.15, 0.2) is 0 Å². The van der Waals surface area contributed by atoms with Crippen LogP contribution in [0.25, 0.3) is 0 Å². The van der Waals surface area contributed by atoms with Gasteiger partial charge < -0.3 is 5.32 Å². The molecule has 3 heteroatoms. The van der Waals surface area contributed by atoms with Gasteiger partial charge in [0.2, 0.25) is 0 Å². The zero-order valence-corrected chi connectivity index (χ0v) is 11.6. The number of nitrogens with one attached hydrogen (secondary N) is 1. The van der Waals surface area contributed by atoms with Crippen LogP contribution in [0.15, 0.2) is 0 Å². The fraction of sp³-hybridized carbons (Fsp3) is 0.769. The van der Waals surface area contributed by atoms with Gasteiger partial charge in [-0.2, -0.15) is 0 Å². The molecule has 1 heterocycles. The second-order valence-corrected chi connectivity index (χ2v) is 6.84. The van der Waals surface area contributed by atoms with Gasteiger partial charge in [0.25, 0.3) is 0 Å². The Hall–Kier alpha value is -0.410. The summed E-state index contributed by atoms with van der Waals surface area (Å²) >= 11 is 1.93. The molecule has 1 aromatic heterocycles. The van der Waals surface area contributed by atoms with Crippen LogP contribution >= 0.6 is 11.3 Å². The van der Waals surface area contributed by atoms with Crippen LogP contribution in [-0.4, -0.2) is 18.6 Å². The molecule has 0 amide bonds. The minimum Gasteiger partial charge on any atom is -0.319 e. The van der Waals surface area contributed by atoms with Crippen molar-refractivity contribution in [3.8, 4) is 0 Å². The predicted molar refractivity (Wildman–Crippen MR) is 70.3 cm³/mol. The minimum absolute atomic E-state index is 0.475. The Kier molecular flexibility index (Phi) is 3.36. The molecule has 1 N–H and O–H groups in total. The van der Waals surface area contributed by atoms with Gasteiger partial charge >= 0.3 is 0 Å². The predicted octanol–water partition coefficient (Wildman–Crippen LogP) is 2.98. The van der Waals surface area contributed by atoms with Crippen LogP contribution in [0.3, 0.4) is 0 Å². The maximum atomic E-state index is 4.81. The van der Waals surface area contributed by atoms with Gasteiger partial charge in [-0.05, 0) is 31.7 Å². The van der Waals surface area contributed by atoms with E-state index in [9.17, 15) is 0 Å². The van der Waals surface area contributed by atoms with E-state index in [4.69, 9.17) is 4.98 Å². The SMILES string of the molecule is CNCC(C)c1nc2c(s1)CC(C)(C)CC2. The zero-order valence-electron chi connectivity index (χ0n) is 10.8. The zero-order chi connectivity index (χ0) is 11.8. The molecule has 90 valence electrons. The van der Waals surface area contributed by atoms with E-state index < -0.39 is 0 Å². The standard InChI is InChI=1S/C13H22N2S/c1-9(8-14-4)12-15-10-5-6-13(2,3)7-11(10)16-12/h9,14H,5-8H2,1-4H3. The number of nitrogens with zero attached hydrogens (tertiary/aromatic N) is 1. The first-order valence-electron chi connectivity index (χ1n) is 6.15. The summed E-state index contributed by atoms with van der Waals surface area (Å²) in [5, 5.41) is 4.55. The first-order valence-corrected chi connectivity index (χ1v) is 6.96. The van der Waals surface area contributed by atoms with Crippen molar-refractivity contribution < 1.29 is 0 Å². The van der Waals surface area contributed by atoms with Crippen molar-refractivity contribution in [2.24, 2.45) is 5.41 Å². The topological polar surface area (TPSA) is 24.9 Å². The molecule has 16 heavy (non-hydrogen) atoms. The van der Waals surface area contributed by atoms with E-state index in [1.54, 1.807) is 0 Å². The molecule has 2 nitrogen and oxygen atoms in total. The molecule has 1 atom stereocenters. The van der Waals surface area contributed by atoms with E-state index in [1.807, 2.05) is 18.4 Å². The van der Waals surface area contributed by atoms with Gasteiger partial charge in [0, 0.05) is 17.3 Å². The summed E-state index contributed by atoms with van der Waals surface area (Å²) in [5.74, 6) is 0.545. The van der Waals surface area contributed by atoms with Gasteiger partial charge in [0.1, 0.15) is 0 Å². The highest BCUT2D eigenvalue weighted by Crippen LogP contribution is 2.38. The number of aromatic nitrogens is 1. The summed E-state index contributed by atoms with van der Waals surface area (Å²) in [7, 11) is 2.01. The Balaban J connectivity index is 2.18. The Morgan fingerprint density at radius 2 is 2.25 bits per heavy atom. The molecule has 0 aliphatic heterocycles. The lowest BCUT2D eigenvalue weighted by atomic mass is 9.79. The number of thiazole rings is 1. The van der Waals surface area contributed by atoms with E-state index in [2.05, 4.69) is 26.1 Å². The number of hydrogen-bond donors (Lipinski definition) is 1. The van der Waals surface area contributed by atoms with Crippen LogP contribution in [0.4, 0.5) is 0 Å². The molecule has 1 aliphatic rings. The van der Waals surface area contributed by atoms with Crippen LogP contribution < -0.4 is 5.32 Å². The number of aryl methyl sites for hydroxylation is 1.